The minimum Gasteiger partial charge on any atom is -0.465 e. The highest BCUT2D eigenvalue weighted by atomic mass is 32.1. The summed E-state index contributed by atoms with van der Waals surface area (Å²) in [5, 5.41) is 1.02. The highest BCUT2D eigenvalue weighted by molar-refractivity contribution is 7.22. The lowest BCUT2D eigenvalue weighted by Gasteiger charge is -2.34. The first-order valence-electron chi connectivity index (χ1n) is 9.56. The molecule has 7 heteroatoms. The van der Waals surface area contributed by atoms with E-state index in [1.165, 1.54) is 22.9 Å². The molecule has 0 atom stereocenters. The van der Waals surface area contributed by atoms with Crippen LogP contribution in [0.3, 0.4) is 0 Å². The minimum absolute atomic E-state index is 0.0168. The Hall–Kier alpha value is -2.93. The number of piperazine rings is 1. The number of aryl methyl sites for hydroxylation is 2. The lowest BCUT2D eigenvalue weighted by atomic mass is 10.1. The van der Waals surface area contributed by atoms with Crippen molar-refractivity contribution in [1.29, 1.82) is 0 Å². The van der Waals surface area contributed by atoms with Crippen molar-refractivity contribution in [2.75, 3.05) is 38.2 Å². The van der Waals surface area contributed by atoms with Gasteiger partial charge in [0.05, 0.1) is 22.9 Å². The van der Waals surface area contributed by atoms with Crippen LogP contribution in [0.25, 0.3) is 10.2 Å². The number of thiazole rings is 1. The van der Waals surface area contributed by atoms with Crippen LogP contribution in [0.1, 0.15) is 31.8 Å². The molecule has 0 bridgehead atoms. The van der Waals surface area contributed by atoms with E-state index >= 15 is 0 Å². The summed E-state index contributed by atoms with van der Waals surface area (Å²) in [6, 6.07) is 10.9. The van der Waals surface area contributed by atoms with Gasteiger partial charge in [-0.1, -0.05) is 17.4 Å². The number of hydrogen-bond donors (Lipinski definition) is 0. The molecule has 0 N–H and O–H groups in total. The summed E-state index contributed by atoms with van der Waals surface area (Å²) in [5.74, 6) is -0.421. The average Bonchev–Trinajstić information content (AvgIpc) is 3.17. The predicted molar refractivity (Wildman–Crippen MR) is 115 cm³/mol. The minimum atomic E-state index is -0.404. The molecule has 1 aliphatic heterocycles. The number of methoxy groups -OCH3 is 1. The number of ether oxygens (including phenoxy) is 1. The summed E-state index contributed by atoms with van der Waals surface area (Å²) in [6.45, 7) is 7.01. The SMILES string of the molecule is COC(=O)c1ccc(C(=O)N2CCN(c3nc4cc(C)cc(C)c4s3)CC2)cc1. The summed E-state index contributed by atoms with van der Waals surface area (Å²) in [5.41, 5.74) is 4.55. The van der Waals surface area contributed by atoms with Gasteiger partial charge in [0.2, 0.25) is 0 Å². The number of rotatable bonds is 3. The second-order valence-corrected chi connectivity index (χ2v) is 8.25. The third-order valence-corrected chi connectivity index (χ3v) is 6.47. The van der Waals surface area contributed by atoms with E-state index in [9.17, 15) is 9.59 Å². The first kappa shape index (κ1) is 19.4. The molecule has 3 aromatic rings. The van der Waals surface area contributed by atoms with E-state index in [1.807, 2.05) is 4.90 Å². The maximum absolute atomic E-state index is 12.8. The zero-order valence-corrected chi connectivity index (χ0v) is 17.6. The Balaban J connectivity index is 1.43. The zero-order valence-electron chi connectivity index (χ0n) is 16.8. The van der Waals surface area contributed by atoms with Gasteiger partial charge in [-0.25, -0.2) is 9.78 Å². The van der Waals surface area contributed by atoms with Crippen molar-refractivity contribution in [2.45, 2.75) is 13.8 Å². The van der Waals surface area contributed by atoms with E-state index in [0.717, 1.165) is 23.7 Å². The number of esters is 1. The molecule has 4 rings (SSSR count). The van der Waals surface area contributed by atoms with Crippen LogP contribution in [0.15, 0.2) is 36.4 Å². The summed E-state index contributed by atoms with van der Waals surface area (Å²) >= 11 is 1.72. The Morgan fingerprint density at radius 1 is 1.00 bits per heavy atom. The first-order valence-corrected chi connectivity index (χ1v) is 10.4. The smallest absolute Gasteiger partial charge is 0.337 e. The molecule has 1 saturated heterocycles. The van der Waals surface area contributed by atoms with Gasteiger partial charge in [0.1, 0.15) is 0 Å². The molecule has 0 unspecified atom stereocenters. The molecule has 1 fully saturated rings. The Bertz CT molecular complexity index is 1070. The van der Waals surface area contributed by atoms with Crippen molar-refractivity contribution in [2.24, 2.45) is 0 Å². The highest BCUT2D eigenvalue weighted by Crippen LogP contribution is 2.32. The van der Waals surface area contributed by atoms with Crippen molar-refractivity contribution in [1.82, 2.24) is 9.88 Å². The maximum Gasteiger partial charge on any atom is 0.337 e. The number of carbonyl (C=O) groups is 2. The van der Waals surface area contributed by atoms with Gasteiger partial charge in [0.25, 0.3) is 5.91 Å². The number of hydrogen-bond acceptors (Lipinski definition) is 6. The number of anilines is 1. The number of nitrogens with zero attached hydrogens (tertiary/aromatic N) is 3. The Kier molecular flexibility index (Phi) is 5.24. The van der Waals surface area contributed by atoms with Crippen molar-refractivity contribution in [3.8, 4) is 0 Å². The fourth-order valence-electron chi connectivity index (χ4n) is 3.65. The third-order valence-electron chi connectivity index (χ3n) is 5.20. The van der Waals surface area contributed by atoms with Crippen LogP contribution in [-0.2, 0) is 4.74 Å². The van der Waals surface area contributed by atoms with E-state index in [0.29, 0.717) is 24.2 Å². The predicted octanol–water partition coefficient (Wildman–Crippen LogP) is 3.66. The fourth-order valence-corrected chi connectivity index (χ4v) is 4.72. The number of fused-ring (bicyclic) bond motifs is 1. The van der Waals surface area contributed by atoms with Gasteiger partial charge in [-0.3, -0.25) is 4.79 Å². The number of aromatic nitrogens is 1. The van der Waals surface area contributed by atoms with E-state index in [4.69, 9.17) is 9.72 Å². The Labute approximate surface area is 173 Å². The molecular weight excluding hydrogens is 386 g/mol. The van der Waals surface area contributed by atoms with Gasteiger partial charge < -0.3 is 14.5 Å². The summed E-state index contributed by atoms with van der Waals surface area (Å²) in [7, 11) is 1.34. The summed E-state index contributed by atoms with van der Waals surface area (Å²) < 4.78 is 5.93. The van der Waals surface area contributed by atoms with Crippen molar-refractivity contribution in [3.63, 3.8) is 0 Å². The molecule has 0 aliphatic carbocycles. The quantitative estimate of drug-likeness (QED) is 0.618. The standard InChI is InChI=1S/C22H23N3O3S/c1-14-12-15(2)19-18(13-14)23-22(29-19)25-10-8-24(9-11-25)20(26)16-4-6-17(7-5-16)21(27)28-3/h4-7,12-13H,8-11H2,1-3H3. The summed E-state index contributed by atoms with van der Waals surface area (Å²) in [4.78, 5) is 33.3. The second-order valence-electron chi connectivity index (χ2n) is 7.27. The van der Waals surface area contributed by atoms with Gasteiger partial charge in [-0.05, 0) is 55.3 Å². The van der Waals surface area contributed by atoms with Crippen molar-refractivity contribution in [3.05, 3.63) is 58.7 Å². The molecule has 6 nitrogen and oxygen atoms in total. The molecule has 1 aliphatic rings. The molecule has 1 amide bonds. The average molecular weight is 410 g/mol. The lowest BCUT2D eigenvalue weighted by Crippen LogP contribution is -2.48. The molecule has 0 radical (unpaired) electrons. The van der Waals surface area contributed by atoms with Gasteiger partial charge in [0.15, 0.2) is 5.13 Å². The first-order chi connectivity index (χ1) is 14.0. The van der Waals surface area contributed by atoms with Gasteiger partial charge in [-0.15, -0.1) is 0 Å². The van der Waals surface area contributed by atoms with Crippen LogP contribution in [0.2, 0.25) is 0 Å². The van der Waals surface area contributed by atoms with Crippen molar-refractivity contribution >= 4 is 38.6 Å². The topological polar surface area (TPSA) is 62.7 Å². The van der Waals surface area contributed by atoms with E-state index in [-0.39, 0.29) is 5.91 Å². The van der Waals surface area contributed by atoms with Crippen LogP contribution in [0.4, 0.5) is 5.13 Å². The van der Waals surface area contributed by atoms with E-state index < -0.39 is 5.97 Å². The van der Waals surface area contributed by atoms with Crippen LogP contribution >= 0.6 is 11.3 Å². The largest absolute Gasteiger partial charge is 0.465 e. The molecular formula is C22H23N3O3S. The number of benzene rings is 2. The second kappa shape index (κ2) is 7.83. The lowest BCUT2D eigenvalue weighted by molar-refractivity contribution is 0.0599. The highest BCUT2D eigenvalue weighted by Gasteiger charge is 2.24. The fraction of sp³-hybridized carbons (Fsp3) is 0.318. The third kappa shape index (κ3) is 3.82. The molecule has 2 heterocycles. The normalized spacial score (nSPS) is 14.3. The molecule has 0 spiro atoms. The van der Waals surface area contributed by atoms with Gasteiger partial charge >= 0.3 is 5.97 Å². The zero-order chi connectivity index (χ0) is 20.5. The van der Waals surface area contributed by atoms with E-state index in [2.05, 4.69) is 30.9 Å². The van der Waals surface area contributed by atoms with E-state index in [1.54, 1.807) is 35.6 Å². The molecule has 0 saturated carbocycles. The van der Waals surface area contributed by atoms with Gasteiger partial charge in [0, 0.05) is 31.7 Å². The van der Waals surface area contributed by atoms with Crippen molar-refractivity contribution < 1.29 is 14.3 Å². The Morgan fingerprint density at radius 2 is 1.66 bits per heavy atom. The van der Waals surface area contributed by atoms with Crippen LogP contribution in [-0.4, -0.2) is 55.0 Å². The monoisotopic (exact) mass is 409 g/mol. The van der Waals surface area contributed by atoms with Crippen LogP contribution in [0.5, 0.6) is 0 Å². The Morgan fingerprint density at radius 3 is 2.31 bits per heavy atom. The van der Waals surface area contributed by atoms with Crippen LogP contribution < -0.4 is 4.90 Å². The van der Waals surface area contributed by atoms with Gasteiger partial charge in [-0.2, -0.15) is 0 Å². The molecule has 150 valence electrons. The molecule has 2 aromatic carbocycles. The summed E-state index contributed by atoms with van der Waals surface area (Å²) in [6.07, 6.45) is 0. The van der Waals surface area contributed by atoms with Crippen LogP contribution in [0, 0.1) is 13.8 Å². The number of carbonyl (C=O) groups excluding carboxylic acids is 2. The maximum atomic E-state index is 12.8. The number of amides is 1. The molecule has 1 aromatic heterocycles. The molecule has 29 heavy (non-hydrogen) atoms.